The fourth-order valence-electron chi connectivity index (χ4n) is 3.41. The summed E-state index contributed by atoms with van der Waals surface area (Å²) in [7, 11) is 0.992. The zero-order chi connectivity index (χ0) is 24.1. The normalized spacial score (nSPS) is 27.2. The highest BCUT2D eigenvalue weighted by molar-refractivity contribution is 6.34. The molecular formula is C19H15Cl3F6N2O2. The zero-order valence-electron chi connectivity index (χ0n) is 16.1. The second-order valence-corrected chi connectivity index (χ2v) is 8.66. The van der Waals surface area contributed by atoms with E-state index in [0.29, 0.717) is 4.90 Å². The van der Waals surface area contributed by atoms with Crippen LogP contribution in [0.4, 0.5) is 26.3 Å². The molecule has 1 aromatic carbocycles. The van der Waals surface area contributed by atoms with E-state index in [2.05, 4.69) is 5.16 Å². The number of oxime groups is 1. The molecule has 1 heterocycles. The van der Waals surface area contributed by atoms with Gasteiger partial charge in [0.25, 0.3) is 5.60 Å². The number of benzene rings is 1. The van der Waals surface area contributed by atoms with Crippen LogP contribution in [0.1, 0.15) is 12.0 Å². The molecule has 2 aliphatic rings. The zero-order valence-corrected chi connectivity index (χ0v) is 18.3. The fraction of sp³-hybridized carbons (Fsp3) is 0.421. The smallest absolute Gasteiger partial charge is 0.374 e. The summed E-state index contributed by atoms with van der Waals surface area (Å²) in [5.74, 6) is 0. The fourth-order valence-corrected chi connectivity index (χ4v) is 4.26. The Morgan fingerprint density at radius 3 is 2.28 bits per heavy atom. The maximum atomic E-state index is 14.1. The van der Waals surface area contributed by atoms with Crippen molar-refractivity contribution in [1.82, 2.24) is 4.90 Å². The molecule has 0 bridgehead atoms. The van der Waals surface area contributed by atoms with Gasteiger partial charge in [-0.15, -0.1) is 11.6 Å². The molecule has 32 heavy (non-hydrogen) atoms. The van der Waals surface area contributed by atoms with E-state index in [-0.39, 0.29) is 26.9 Å². The van der Waals surface area contributed by atoms with Gasteiger partial charge < -0.3 is 9.94 Å². The molecule has 0 fully saturated rings. The van der Waals surface area contributed by atoms with Crippen LogP contribution in [0.5, 0.6) is 0 Å². The van der Waals surface area contributed by atoms with Gasteiger partial charge in [0.2, 0.25) is 6.23 Å². The van der Waals surface area contributed by atoms with Gasteiger partial charge in [-0.3, -0.25) is 4.90 Å². The van der Waals surface area contributed by atoms with Gasteiger partial charge in [-0.2, -0.15) is 26.3 Å². The Hall–Kier alpha value is -1.46. The van der Waals surface area contributed by atoms with Gasteiger partial charge in [0.1, 0.15) is 0 Å². The summed E-state index contributed by atoms with van der Waals surface area (Å²) in [5.41, 5.74) is -3.36. The lowest BCUT2D eigenvalue weighted by Crippen LogP contribution is -2.51. The topological polar surface area (TPSA) is 45.1 Å². The molecule has 1 aliphatic heterocycles. The Kier molecular flexibility index (Phi) is 6.86. The second-order valence-electron chi connectivity index (χ2n) is 7.29. The molecule has 0 saturated carbocycles. The van der Waals surface area contributed by atoms with E-state index in [9.17, 15) is 31.4 Å². The molecule has 4 atom stereocenters. The van der Waals surface area contributed by atoms with E-state index in [0.717, 1.165) is 19.2 Å². The molecule has 4 nitrogen and oxygen atoms in total. The number of alkyl halides is 7. The van der Waals surface area contributed by atoms with Crippen molar-refractivity contribution in [2.75, 3.05) is 7.05 Å². The lowest BCUT2D eigenvalue weighted by Gasteiger charge is -2.34. The minimum absolute atomic E-state index is 0.0437. The number of allylic oxidation sites excluding steroid dienone is 2. The summed E-state index contributed by atoms with van der Waals surface area (Å²) in [6.45, 7) is 0. The molecule has 13 heteroatoms. The van der Waals surface area contributed by atoms with E-state index in [1.165, 1.54) is 24.3 Å². The van der Waals surface area contributed by atoms with Crippen LogP contribution < -0.4 is 0 Å². The van der Waals surface area contributed by atoms with Crippen LogP contribution in [0.2, 0.25) is 10.0 Å². The maximum absolute atomic E-state index is 14.1. The standard InChI is InChI=1S/C19H15Cl3F6N2O2/c1-30(16(31)18(23,24)25)15-4-9(2-3-13(15)22)14-8-17(32-29-14,19(26,27)28)10-5-11(20)7-12(21)6-10/h2-7,13,15-16,31H,8H2,1H3. The van der Waals surface area contributed by atoms with Gasteiger partial charge in [-0.05, 0) is 30.8 Å². The van der Waals surface area contributed by atoms with Crippen molar-refractivity contribution in [3.63, 3.8) is 0 Å². The largest absolute Gasteiger partial charge is 0.435 e. The van der Waals surface area contributed by atoms with Crippen LogP contribution >= 0.6 is 34.8 Å². The first kappa shape index (κ1) is 25.2. The Morgan fingerprint density at radius 1 is 1.16 bits per heavy atom. The predicted molar refractivity (Wildman–Crippen MR) is 108 cm³/mol. The third-order valence-electron chi connectivity index (χ3n) is 5.13. The van der Waals surface area contributed by atoms with Gasteiger partial charge in [0.05, 0.1) is 17.1 Å². The van der Waals surface area contributed by atoms with Gasteiger partial charge in [0.15, 0.2) is 0 Å². The highest BCUT2D eigenvalue weighted by atomic mass is 35.5. The summed E-state index contributed by atoms with van der Waals surface area (Å²) >= 11 is 17.8. The first-order valence-corrected chi connectivity index (χ1v) is 10.1. The summed E-state index contributed by atoms with van der Waals surface area (Å²) in [6, 6.07) is 2.18. The van der Waals surface area contributed by atoms with E-state index in [1.807, 2.05) is 0 Å². The lowest BCUT2D eigenvalue weighted by atomic mass is 9.85. The van der Waals surface area contributed by atoms with Crippen LogP contribution in [-0.4, -0.2) is 52.8 Å². The van der Waals surface area contributed by atoms with Crippen molar-refractivity contribution < 1.29 is 36.3 Å². The monoisotopic (exact) mass is 522 g/mol. The van der Waals surface area contributed by atoms with Crippen molar-refractivity contribution in [1.29, 1.82) is 0 Å². The summed E-state index contributed by atoms with van der Waals surface area (Å²) in [6.07, 6.45) is -9.66. The molecule has 176 valence electrons. The van der Waals surface area contributed by atoms with E-state index in [1.54, 1.807) is 0 Å². The molecule has 1 N–H and O–H groups in total. The molecule has 1 aliphatic carbocycles. The van der Waals surface area contributed by atoms with Crippen molar-refractivity contribution in [2.45, 2.75) is 42.0 Å². The first-order chi connectivity index (χ1) is 14.7. The highest BCUT2D eigenvalue weighted by Gasteiger charge is 2.62. The van der Waals surface area contributed by atoms with Crippen LogP contribution in [0.25, 0.3) is 0 Å². The molecule has 0 amide bonds. The molecule has 0 aromatic heterocycles. The quantitative estimate of drug-likeness (QED) is 0.308. The molecule has 1 aromatic rings. The number of hydrogen-bond donors (Lipinski definition) is 1. The van der Waals surface area contributed by atoms with Gasteiger partial charge >= 0.3 is 12.4 Å². The number of nitrogens with zero attached hydrogens (tertiary/aromatic N) is 2. The number of likely N-dealkylation sites (N-methyl/N-ethyl adjacent to an activating group) is 1. The number of rotatable bonds is 4. The molecule has 0 radical (unpaired) electrons. The maximum Gasteiger partial charge on any atom is 0.435 e. The highest BCUT2D eigenvalue weighted by Crippen LogP contribution is 2.50. The Labute approximate surface area is 193 Å². The average molecular weight is 524 g/mol. The number of halogens is 9. The molecule has 4 unspecified atom stereocenters. The second kappa shape index (κ2) is 8.72. The van der Waals surface area contributed by atoms with Gasteiger partial charge in [-0.25, -0.2) is 0 Å². The minimum atomic E-state index is -4.95. The summed E-state index contributed by atoms with van der Waals surface area (Å²) in [5, 5.41) is 12.0. The van der Waals surface area contributed by atoms with Crippen molar-refractivity contribution >= 4 is 40.5 Å². The predicted octanol–water partition coefficient (Wildman–Crippen LogP) is 5.81. The number of hydrogen-bond acceptors (Lipinski definition) is 4. The van der Waals surface area contributed by atoms with Crippen LogP contribution in [0, 0.1) is 0 Å². The van der Waals surface area contributed by atoms with Crippen molar-refractivity contribution in [2.24, 2.45) is 5.16 Å². The van der Waals surface area contributed by atoms with Crippen LogP contribution in [0.3, 0.4) is 0 Å². The number of aliphatic hydroxyl groups is 1. The van der Waals surface area contributed by atoms with E-state index in [4.69, 9.17) is 39.6 Å². The Bertz CT molecular complexity index is 959. The van der Waals surface area contributed by atoms with Crippen LogP contribution in [-0.2, 0) is 10.4 Å². The molecule has 0 saturated heterocycles. The third-order valence-corrected chi connectivity index (χ3v) is 5.97. The molecule has 0 spiro atoms. The SMILES string of the molecule is CN(C1C=C(C2=NOC(c3cc(Cl)cc(Cl)c3)(C(F)(F)F)C2)C=CC1Cl)C(O)C(F)(F)F. The first-order valence-electron chi connectivity index (χ1n) is 8.95. The Morgan fingerprint density at radius 2 is 1.75 bits per heavy atom. The Balaban J connectivity index is 1.94. The molecule has 3 rings (SSSR count). The molecular weight excluding hydrogens is 509 g/mol. The van der Waals surface area contributed by atoms with E-state index >= 15 is 0 Å². The van der Waals surface area contributed by atoms with Gasteiger partial charge in [-0.1, -0.05) is 46.6 Å². The summed E-state index contributed by atoms with van der Waals surface area (Å²) in [4.78, 5) is 5.45. The lowest BCUT2D eigenvalue weighted by molar-refractivity contribution is -0.275. The van der Waals surface area contributed by atoms with E-state index < -0.39 is 42.0 Å². The minimum Gasteiger partial charge on any atom is -0.374 e. The van der Waals surface area contributed by atoms with Gasteiger partial charge in [0, 0.05) is 22.0 Å². The van der Waals surface area contributed by atoms with Crippen LogP contribution in [0.15, 0.2) is 47.2 Å². The van der Waals surface area contributed by atoms with Crippen molar-refractivity contribution in [3.8, 4) is 0 Å². The van der Waals surface area contributed by atoms with Crippen molar-refractivity contribution in [3.05, 3.63) is 57.6 Å². The number of aliphatic hydroxyl groups excluding tert-OH is 1. The third kappa shape index (κ3) is 4.75. The summed E-state index contributed by atoms with van der Waals surface area (Å²) < 4.78 is 81.0. The average Bonchev–Trinajstić information content (AvgIpc) is 3.12.